The molecule has 5 aliphatic carbocycles. The van der Waals surface area contributed by atoms with Crippen LogP contribution in [-0.2, 0) is 41.5 Å². The van der Waals surface area contributed by atoms with Gasteiger partial charge in [0.25, 0.3) is 0 Å². The van der Waals surface area contributed by atoms with Crippen molar-refractivity contribution in [2.24, 2.45) is 29.1 Å². The Morgan fingerprint density at radius 2 is 1.22 bits per heavy atom. The number of fused-ring (bicyclic) bond motifs is 3. The van der Waals surface area contributed by atoms with Gasteiger partial charge in [-0.05, 0) is 72.5 Å². The predicted molar refractivity (Wildman–Crippen MR) is 201 cm³/mol. The van der Waals surface area contributed by atoms with Crippen LogP contribution in [0.3, 0.4) is 0 Å². The Morgan fingerprint density at radius 1 is 0.755 bits per heavy atom. The summed E-state index contributed by atoms with van der Waals surface area (Å²) in [5, 5.41) is 5.48. The first-order valence-electron chi connectivity index (χ1n) is 18.2. The van der Waals surface area contributed by atoms with Gasteiger partial charge in [0.15, 0.2) is 0 Å². The quantitative estimate of drug-likeness (QED) is 0.211. The Labute approximate surface area is 325 Å². The average Bonchev–Trinajstić information content (AvgIpc) is 3.55. The average molecular weight is 771 g/mol. The first-order chi connectivity index (χ1) is 22.2. The van der Waals surface area contributed by atoms with Crippen molar-refractivity contribution in [1.29, 1.82) is 0 Å². The molecule has 260 valence electrons. The molecular formula is C46H56Cl2Zr-2. The zero-order chi connectivity index (χ0) is 33.6. The van der Waals surface area contributed by atoms with E-state index in [1.54, 1.807) is 30.4 Å². The Kier molecular flexibility index (Phi) is 13.0. The maximum atomic E-state index is 3.78. The fourth-order valence-corrected chi connectivity index (χ4v) is 10.1. The van der Waals surface area contributed by atoms with Gasteiger partial charge in [-0.2, -0.15) is 6.08 Å². The number of hydrogen-bond acceptors (Lipinski definition) is 0. The summed E-state index contributed by atoms with van der Waals surface area (Å²) in [5.41, 5.74) is 8.39. The second kappa shape index (κ2) is 15.9. The Bertz CT molecular complexity index is 1690. The maximum absolute atomic E-state index is 3.78. The van der Waals surface area contributed by atoms with Crippen LogP contribution < -0.4 is 24.8 Å². The zero-order valence-electron chi connectivity index (χ0n) is 31.1. The van der Waals surface area contributed by atoms with Crippen LogP contribution in [0.2, 0.25) is 0 Å². The molecule has 0 saturated heterocycles. The third-order valence-corrected chi connectivity index (χ3v) is 12.0. The van der Waals surface area contributed by atoms with Gasteiger partial charge in [0.1, 0.15) is 0 Å². The van der Waals surface area contributed by atoms with Crippen molar-refractivity contribution >= 4 is 25.3 Å². The van der Waals surface area contributed by atoms with E-state index in [4.69, 9.17) is 0 Å². The van der Waals surface area contributed by atoms with E-state index in [9.17, 15) is 0 Å². The van der Waals surface area contributed by atoms with Gasteiger partial charge >= 0.3 is 70.3 Å². The van der Waals surface area contributed by atoms with E-state index in [-0.39, 0.29) is 35.6 Å². The normalized spacial score (nSPS) is 25.3. The summed E-state index contributed by atoms with van der Waals surface area (Å²) in [4.78, 5) is 0. The Morgan fingerprint density at radius 3 is 1.61 bits per heavy atom. The van der Waals surface area contributed by atoms with Crippen LogP contribution in [-0.4, -0.2) is 3.71 Å². The molecule has 0 heterocycles. The van der Waals surface area contributed by atoms with Gasteiger partial charge in [-0.3, -0.25) is 6.08 Å². The van der Waals surface area contributed by atoms with Crippen LogP contribution in [0, 0.1) is 35.2 Å². The molecule has 0 spiro atoms. The number of hydrogen-bond donors (Lipinski definition) is 0. The van der Waals surface area contributed by atoms with Gasteiger partial charge < -0.3 is 24.8 Å². The molecule has 0 N–H and O–H groups in total. The summed E-state index contributed by atoms with van der Waals surface area (Å²) < 4.78 is 2.25. The van der Waals surface area contributed by atoms with Crippen molar-refractivity contribution in [3.05, 3.63) is 113 Å². The number of benzene rings is 3. The number of rotatable bonds is 3. The van der Waals surface area contributed by atoms with Gasteiger partial charge in [0.05, 0.1) is 0 Å². The summed E-state index contributed by atoms with van der Waals surface area (Å²) in [7, 11) is 0. The molecule has 1 unspecified atom stereocenters. The molecule has 1 atom stereocenters. The second-order valence-electron chi connectivity index (χ2n) is 17.5. The van der Waals surface area contributed by atoms with Crippen LogP contribution in [0.25, 0.3) is 21.5 Å². The van der Waals surface area contributed by atoms with E-state index in [1.165, 1.54) is 81.7 Å². The summed E-state index contributed by atoms with van der Waals surface area (Å²) >= 11 is 1.51. The molecule has 9 rings (SSSR count). The molecule has 0 aromatic heterocycles. The first kappa shape index (κ1) is 40.1. The second-order valence-corrected chi connectivity index (χ2v) is 18.5. The van der Waals surface area contributed by atoms with Crippen LogP contribution in [0.5, 0.6) is 0 Å². The molecule has 0 nitrogen and oxygen atoms in total. The van der Waals surface area contributed by atoms with E-state index in [0.717, 1.165) is 24.2 Å². The van der Waals surface area contributed by atoms with Crippen molar-refractivity contribution in [3.63, 3.8) is 0 Å². The topological polar surface area (TPSA) is 0 Å². The molecule has 0 amide bonds. The molecule has 4 saturated carbocycles. The monoisotopic (exact) mass is 768 g/mol. The molecule has 5 aliphatic rings. The predicted octanol–water partition coefficient (Wildman–Crippen LogP) is 6.42. The molecule has 0 radical (unpaired) electrons. The van der Waals surface area contributed by atoms with Crippen LogP contribution in [0.15, 0.2) is 90.0 Å². The van der Waals surface area contributed by atoms with Crippen LogP contribution >= 0.6 is 0 Å². The van der Waals surface area contributed by atoms with Gasteiger partial charge in [-0.25, -0.2) is 11.1 Å². The van der Waals surface area contributed by atoms with E-state index in [1.807, 2.05) is 6.07 Å². The summed E-state index contributed by atoms with van der Waals surface area (Å²) in [6.07, 6.45) is 16.4. The molecule has 0 aliphatic heterocycles. The standard InChI is InChI=1S/C21H25.C17H23.C8H8.2ClH.Zr/c1-20(2,3)16-7-9-18-14(12-16)11-15-13-17(21(4,5)6)8-10-19(15)18;1-11-3-12(2)16(4-11)17-8-13-5-14(9-17)7-15(6-13)10-17;1-2-8-6-4-3-5-7-8;;;/h7-13H,1-6H3;3,11,13-15H,5-10H2,1-2H3;1,3-7H,2H2;2*1H;/q2*-1;;;;+2/p-2. The minimum atomic E-state index is 0. The number of allylic oxidation sites excluding steroid dienone is 4. The molecule has 4 bridgehead atoms. The molecule has 4 aromatic carbocycles. The Hall–Kier alpha value is -1.66. The molecule has 4 aromatic rings. The Balaban J connectivity index is 0.000000174. The molecule has 49 heavy (non-hydrogen) atoms. The van der Waals surface area contributed by atoms with Gasteiger partial charge in [-0.15, -0.1) is 46.7 Å². The summed E-state index contributed by atoms with van der Waals surface area (Å²) in [6.45, 7) is 18.2. The minimum absolute atomic E-state index is 0. The zero-order valence-corrected chi connectivity index (χ0v) is 35.1. The fourth-order valence-electron chi connectivity index (χ4n) is 9.52. The summed E-state index contributed by atoms with van der Waals surface area (Å²) in [6, 6.07) is 26.7. The molecule has 3 heteroatoms. The third-order valence-electron chi connectivity index (χ3n) is 11.5. The summed E-state index contributed by atoms with van der Waals surface area (Å²) in [5.74, 6) is 3.73. The first-order valence-corrected chi connectivity index (χ1v) is 19.7. The molecule has 4 fully saturated rings. The SMILES string of the molecule is CC(C)(C)c1ccc2c(c1)[cH-]c1cc(C(C)(C)C)ccc12.CC1=CC(C)[C-]=C1C12CC3CC(CC(C3)C1)C2.[Cl-].[Cl-].[Zr+2]=[CH]Cc1ccccc1. The van der Waals surface area contributed by atoms with Crippen molar-refractivity contribution in [2.75, 3.05) is 0 Å². The van der Waals surface area contributed by atoms with Crippen molar-refractivity contribution in [1.82, 2.24) is 0 Å². The third kappa shape index (κ3) is 9.05. The van der Waals surface area contributed by atoms with Crippen LogP contribution in [0.1, 0.15) is 111 Å². The number of halogens is 2. The van der Waals surface area contributed by atoms with E-state index in [2.05, 4.69) is 138 Å². The van der Waals surface area contributed by atoms with E-state index < -0.39 is 0 Å². The van der Waals surface area contributed by atoms with Crippen molar-refractivity contribution in [2.45, 2.75) is 111 Å². The molecular weight excluding hydrogens is 715 g/mol. The van der Waals surface area contributed by atoms with E-state index >= 15 is 0 Å². The van der Waals surface area contributed by atoms with Gasteiger partial charge in [0.2, 0.25) is 0 Å². The van der Waals surface area contributed by atoms with Crippen LogP contribution in [0.4, 0.5) is 0 Å². The van der Waals surface area contributed by atoms with E-state index in [0.29, 0.717) is 11.3 Å². The van der Waals surface area contributed by atoms with Gasteiger partial charge in [-0.1, -0.05) is 89.8 Å². The van der Waals surface area contributed by atoms with Gasteiger partial charge in [0, 0.05) is 0 Å². The van der Waals surface area contributed by atoms with Crippen molar-refractivity contribution < 1.29 is 49.0 Å². The van der Waals surface area contributed by atoms with Crippen molar-refractivity contribution in [3.8, 4) is 0 Å². The fraction of sp³-hybridized carbons (Fsp3) is 0.478.